The number of halogens is 1. The van der Waals surface area contributed by atoms with E-state index in [0.29, 0.717) is 18.6 Å². The summed E-state index contributed by atoms with van der Waals surface area (Å²) in [6.45, 7) is 2.73. The number of piperazine rings is 1. The van der Waals surface area contributed by atoms with Crippen molar-refractivity contribution < 1.29 is 14.0 Å². The second kappa shape index (κ2) is 9.59. The van der Waals surface area contributed by atoms with Crippen molar-refractivity contribution in [2.45, 2.75) is 13.0 Å². The van der Waals surface area contributed by atoms with Crippen LogP contribution in [0, 0.1) is 5.82 Å². The molecule has 0 unspecified atom stereocenters. The molecular formula is C23H24FN5O3. The van der Waals surface area contributed by atoms with Gasteiger partial charge in [-0.05, 0) is 30.3 Å². The van der Waals surface area contributed by atoms with E-state index in [2.05, 4.69) is 27.3 Å². The van der Waals surface area contributed by atoms with Gasteiger partial charge in [0.2, 0.25) is 11.8 Å². The summed E-state index contributed by atoms with van der Waals surface area (Å²) in [5.41, 5.74) is 1.02. The SMILES string of the molecule is O=C(Cn1cnc2ccc(F)cc2c1=O)NCCC(=O)N1CCN(c2ccccc2)CC1. The van der Waals surface area contributed by atoms with Crippen LogP contribution in [0.2, 0.25) is 0 Å². The molecular weight excluding hydrogens is 413 g/mol. The molecule has 2 heterocycles. The number of amides is 2. The van der Waals surface area contributed by atoms with Crippen LogP contribution < -0.4 is 15.8 Å². The standard InChI is InChI=1S/C23H24FN5O3/c24-17-6-7-20-19(14-17)23(32)29(16-26-20)15-21(30)25-9-8-22(31)28-12-10-27(11-13-28)18-4-2-1-3-5-18/h1-7,14,16H,8-13,15H2,(H,25,30). The van der Waals surface area contributed by atoms with Crippen molar-refractivity contribution in [3.8, 4) is 0 Å². The van der Waals surface area contributed by atoms with Crippen molar-refractivity contribution >= 4 is 28.4 Å². The van der Waals surface area contributed by atoms with E-state index in [1.165, 1.54) is 18.5 Å². The van der Waals surface area contributed by atoms with Crippen molar-refractivity contribution in [3.63, 3.8) is 0 Å². The average molecular weight is 437 g/mol. The van der Waals surface area contributed by atoms with Crippen molar-refractivity contribution in [3.05, 3.63) is 71.0 Å². The van der Waals surface area contributed by atoms with Gasteiger partial charge >= 0.3 is 0 Å². The number of benzene rings is 2. The van der Waals surface area contributed by atoms with Crippen LogP contribution in [-0.2, 0) is 16.1 Å². The number of hydrogen-bond acceptors (Lipinski definition) is 5. The molecule has 32 heavy (non-hydrogen) atoms. The highest BCUT2D eigenvalue weighted by molar-refractivity contribution is 5.80. The number of carbonyl (C=O) groups is 2. The van der Waals surface area contributed by atoms with Gasteiger partial charge in [-0.2, -0.15) is 0 Å². The number of anilines is 1. The molecule has 3 aromatic rings. The number of rotatable bonds is 6. The Kier molecular flexibility index (Phi) is 6.44. The van der Waals surface area contributed by atoms with E-state index in [9.17, 15) is 18.8 Å². The smallest absolute Gasteiger partial charge is 0.261 e. The number of hydrogen-bond donors (Lipinski definition) is 1. The Labute approximate surface area is 184 Å². The van der Waals surface area contributed by atoms with E-state index in [1.54, 1.807) is 4.90 Å². The first-order valence-corrected chi connectivity index (χ1v) is 10.5. The van der Waals surface area contributed by atoms with Gasteiger partial charge in [0.05, 0.1) is 17.2 Å². The van der Waals surface area contributed by atoms with E-state index in [4.69, 9.17) is 0 Å². The largest absolute Gasteiger partial charge is 0.368 e. The average Bonchev–Trinajstić information content (AvgIpc) is 2.82. The first kappa shape index (κ1) is 21.5. The summed E-state index contributed by atoms with van der Waals surface area (Å²) in [6, 6.07) is 13.8. The molecule has 0 radical (unpaired) electrons. The van der Waals surface area contributed by atoms with Crippen LogP contribution >= 0.6 is 0 Å². The topological polar surface area (TPSA) is 87.5 Å². The summed E-state index contributed by atoms with van der Waals surface area (Å²) in [5.74, 6) is -0.967. The molecule has 1 saturated heterocycles. The Morgan fingerprint density at radius 1 is 1.03 bits per heavy atom. The Bertz CT molecular complexity index is 1170. The first-order chi connectivity index (χ1) is 15.5. The monoisotopic (exact) mass is 437 g/mol. The quantitative estimate of drug-likeness (QED) is 0.630. The van der Waals surface area contributed by atoms with Gasteiger partial charge < -0.3 is 15.1 Å². The maximum atomic E-state index is 13.4. The highest BCUT2D eigenvalue weighted by atomic mass is 19.1. The molecule has 8 nitrogen and oxygen atoms in total. The van der Waals surface area contributed by atoms with E-state index < -0.39 is 17.3 Å². The van der Waals surface area contributed by atoms with E-state index in [1.807, 2.05) is 18.2 Å². The number of para-hydroxylation sites is 1. The van der Waals surface area contributed by atoms with E-state index in [-0.39, 0.29) is 30.8 Å². The van der Waals surface area contributed by atoms with Crippen molar-refractivity contribution in [2.75, 3.05) is 37.6 Å². The van der Waals surface area contributed by atoms with Crippen LogP contribution in [0.1, 0.15) is 6.42 Å². The van der Waals surface area contributed by atoms with Gasteiger partial charge in [0.1, 0.15) is 12.4 Å². The van der Waals surface area contributed by atoms with Gasteiger partial charge in [-0.3, -0.25) is 19.0 Å². The van der Waals surface area contributed by atoms with Crippen LogP contribution in [0.3, 0.4) is 0 Å². The van der Waals surface area contributed by atoms with E-state index >= 15 is 0 Å². The molecule has 0 bridgehead atoms. The normalized spacial score (nSPS) is 13.9. The molecule has 0 saturated carbocycles. The summed E-state index contributed by atoms with van der Waals surface area (Å²) in [6.07, 6.45) is 1.45. The molecule has 1 aromatic heterocycles. The summed E-state index contributed by atoms with van der Waals surface area (Å²) in [4.78, 5) is 45.3. The van der Waals surface area contributed by atoms with Crippen LogP contribution in [0.25, 0.3) is 10.9 Å². The Morgan fingerprint density at radius 3 is 2.53 bits per heavy atom. The minimum absolute atomic E-state index is 0.0157. The lowest BCUT2D eigenvalue weighted by Crippen LogP contribution is -2.49. The maximum absolute atomic E-state index is 13.4. The third kappa shape index (κ3) is 4.93. The molecule has 0 aliphatic carbocycles. The Morgan fingerprint density at radius 2 is 1.78 bits per heavy atom. The van der Waals surface area contributed by atoms with Gasteiger partial charge in [-0.25, -0.2) is 9.37 Å². The third-order valence-corrected chi connectivity index (χ3v) is 5.51. The minimum Gasteiger partial charge on any atom is -0.368 e. The summed E-state index contributed by atoms with van der Waals surface area (Å²) in [5, 5.41) is 2.78. The predicted octanol–water partition coefficient (Wildman–Crippen LogP) is 1.39. The van der Waals surface area contributed by atoms with Gasteiger partial charge in [-0.15, -0.1) is 0 Å². The van der Waals surface area contributed by atoms with Gasteiger partial charge in [0, 0.05) is 44.8 Å². The number of fused-ring (bicyclic) bond motifs is 1. The van der Waals surface area contributed by atoms with Gasteiger partial charge in [0.25, 0.3) is 5.56 Å². The molecule has 1 fully saturated rings. The summed E-state index contributed by atoms with van der Waals surface area (Å²) < 4.78 is 14.5. The zero-order valence-corrected chi connectivity index (χ0v) is 17.5. The number of carbonyl (C=O) groups excluding carboxylic acids is 2. The number of nitrogens with one attached hydrogen (secondary N) is 1. The van der Waals surface area contributed by atoms with Gasteiger partial charge in [-0.1, -0.05) is 18.2 Å². The summed E-state index contributed by atoms with van der Waals surface area (Å²) >= 11 is 0. The van der Waals surface area contributed by atoms with Crippen LogP contribution in [0.4, 0.5) is 10.1 Å². The Hall–Kier alpha value is -3.75. The zero-order chi connectivity index (χ0) is 22.5. The fourth-order valence-corrected chi connectivity index (χ4v) is 3.77. The summed E-state index contributed by atoms with van der Waals surface area (Å²) in [7, 11) is 0. The maximum Gasteiger partial charge on any atom is 0.261 e. The lowest BCUT2D eigenvalue weighted by Gasteiger charge is -2.36. The highest BCUT2D eigenvalue weighted by Crippen LogP contribution is 2.15. The zero-order valence-electron chi connectivity index (χ0n) is 17.5. The molecule has 9 heteroatoms. The number of nitrogens with zero attached hydrogens (tertiary/aromatic N) is 4. The fourth-order valence-electron chi connectivity index (χ4n) is 3.77. The van der Waals surface area contributed by atoms with Crippen molar-refractivity contribution in [1.82, 2.24) is 19.8 Å². The van der Waals surface area contributed by atoms with E-state index in [0.717, 1.165) is 29.4 Å². The molecule has 1 aliphatic heterocycles. The van der Waals surface area contributed by atoms with Crippen molar-refractivity contribution in [1.29, 1.82) is 0 Å². The predicted molar refractivity (Wildman–Crippen MR) is 119 cm³/mol. The first-order valence-electron chi connectivity index (χ1n) is 10.5. The molecule has 0 spiro atoms. The molecule has 166 valence electrons. The molecule has 2 aromatic carbocycles. The second-order valence-electron chi connectivity index (χ2n) is 7.64. The fraction of sp³-hybridized carbons (Fsp3) is 0.304. The van der Waals surface area contributed by atoms with Crippen LogP contribution in [-0.4, -0.2) is 59.0 Å². The molecule has 1 aliphatic rings. The molecule has 0 atom stereocenters. The van der Waals surface area contributed by atoms with Crippen molar-refractivity contribution in [2.24, 2.45) is 0 Å². The lowest BCUT2D eigenvalue weighted by molar-refractivity contribution is -0.131. The molecule has 4 rings (SSSR count). The molecule has 2 amide bonds. The lowest BCUT2D eigenvalue weighted by atomic mass is 10.2. The van der Waals surface area contributed by atoms with Gasteiger partial charge in [0.15, 0.2) is 0 Å². The third-order valence-electron chi connectivity index (χ3n) is 5.51. The Balaban J connectivity index is 1.24. The highest BCUT2D eigenvalue weighted by Gasteiger charge is 2.21. The van der Waals surface area contributed by atoms with Crippen LogP contribution in [0.5, 0.6) is 0 Å². The number of aromatic nitrogens is 2. The van der Waals surface area contributed by atoms with Crippen LogP contribution in [0.15, 0.2) is 59.7 Å². The second-order valence-corrected chi connectivity index (χ2v) is 7.64. The minimum atomic E-state index is -0.540. The molecule has 1 N–H and O–H groups in total.